The van der Waals surface area contributed by atoms with Gasteiger partial charge in [0.2, 0.25) is 0 Å². The highest BCUT2D eigenvalue weighted by Gasteiger charge is 2.02. The fourth-order valence-electron chi connectivity index (χ4n) is 0.986. The van der Waals surface area contributed by atoms with Crippen molar-refractivity contribution >= 4 is 29.3 Å². The normalized spacial score (nSPS) is 10.7. The molecule has 1 aromatic carbocycles. The molecule has 3 heteroatoms. The summed E-state index contributed by atoms with van der Waals surface area (Å²) in [6.07, 6.45) is 3.71. The summed E-state index contributed by atoms with van der Waals surface area (Å²) in [6.45, 7) is 0. The van der Waals surface area contributed by atoms with Crippen LogP contribution in [0.5, 0.6) is 5.75 Å². The molecule has 13 heavy (non-hydrogen) atoms. The van der Waals surface area contributed by atoms with Gasteiger partial charge in [0, 0.05) is 5.88 Å². The molecular weight excluding hydrogens is 207 g/mol. The zero-order valence-electron chi connectivity index (χ0n) is 7.26. The van der Waals surface area contributed by atoms with E-state index in [2.05, 4.69) is 0 Å². The van der Waals surface area contributed by atoms with Gasteiger partial charge in [-0.25, -0.2) is 0 Å². The van der Waals surface area contributed by atoms with Gasteiger partial charge in [-0.05, 0) is 11.6 Å². The van der Waals surface area contributed by atoms with E-state index in [-0.39, 0.29) is 0 Å². The van der Waals surface area contributed by atoms with Crippen molar-refractivity contribution in [1.29, 1.82) is 0 Å². The number of halogens is 2. The Labute approximate surface area is 87.9 Å². The van der Waals surface area contributed by atoms with Gasteiger partial charge < -0.3 is 4.74 Å². The third-order valence-corrected chi connectivity index (χ3v) is 2.18. The van der Waals surface area contributed by atoms with Crippen LogP contribution in [-0.4, -0.2) is 13.0 Å². The summed E-state index contributed by atoms with van der Waals surface area (Å²) >= 11 is 11.5. The number of rotatable bonds is 3. The largest absolute Gasteiger partial charge is 0.495 e. The third kappa shape index (κ3) is 2.64. The minimum atomic E-state index is 0.480. The molecule has 0 heterocycles. The van der Waals surface area contributed by atoms with Gasteiger partial charge in [-0.2, -0.15) is 0 Å². The second-order valence-electron chi connectivity index (χ2n) is 2.42. The molecule has 1 nitrogen and oxygen atoms in total. The smallest absolute Gasteiger partial charge is 0.138 e. The molecule has 0 atom stereocenters. The molecule has 0 aromatic heterocycles. The summed E-state index contributed by atoms with van der Waals surface area (Å²) in [5.41, 5.74) is 0.918. The van der Waals surface area contributed by atoms with Crippen LogP contribution in [0.25, 0.3) is 6.08 Å². The fourth-order valence-corrected chi connectivity index (χ4v) is 1.34. The summed E-state index contributed by atoms with van der Waals surface area (Å²) < 4.78 is 5.07. The van der Waals surface area contributed by atoms with Crippen molar-refractivity contribution in [2.45, 2.75) is 0 Å². The topological polar surface area (TPSA) is 9.23 Å². The van der Waals surface area contributed by atoms with Crippen molar-refractivity contribution in [3.05, 3.63) is 34.9 Å². The Kier molecular flexibility index (Phi) is 4.13. The molecule has 0 aliphatic carbocycles. The first-order chi connectivity index (χ1) is 6.29. The van der Waals surface area contributed by atoms with E-state index in [1.165, 1.54) is 0 Å². The lowest BCUT2D eigenvalue weighted by Crippen LogP contribution is -1.85. The zero-order chi connectivity index (χ0) is 9.68. The molecule has 1 rings (SSSR count). The van der Waals surface area contributed by atoms with Crippen LogP contribution in [0.3, 0.4) is 0 Å². The Hall–Kier alpha value is -0.660. The lowest BCUT2D eigenvalue weighted by molar-refractivity contribution is 0.415. The van der Waals surface area contributed by atoms with Crippen LogP contribution in [0, 0.1) is 0 Å². The number of methoxy groups -OCH3 is 1. The molecule has 0 aliphatic rings. The molecule has 0 N–H and O–H groups in total. The predicted molar refractivity (Wildman–Crippen MR) is 57.8 cm³/mol. The molecule has 0 aliphatic heterocycles. The summed E-state index contributed by atoms with van der Waals surface area (Å²) in [7, 11) is 1.59. The molecule has 0 amide bonds. The van der Waals surface area contributed by atoms with Crippen LogP contribution < -0.4 is 4.74 Å². The average Bonchev–Trinajstić information content (AvgIpc) is 2.16. The average molecular weight is 217 g/mol. The van der Waals surface area contributed by atoms with Crippen LogP contribution >= 0.6 is 23.2 Å². The van der Waals surface area contributed by atoms with Gasteiger partial charge in [-0.3, -0.25) is 0 Å². The van der Waals surface area contributed by atoms with Crippen molar-refractivity contribution in [2.75, 3.05) is 13.0 Å². The molecule has 0 saturated heterocycles. The second-order valence-corrected chi connectivity index (χ2v) is 3.11. The highest BCUT2D eigenvalue weighted by atomic mass is 35.5. The van der Waals surface area contributed by atoms with Crippen LogP contribution in [0.1, 0.15) is 5.56 Å². The van der Waals surface area contributed by atoms with Gasteiger partial charge in [0.25, 0.3) is 0 Å². The van der Waals surface area contributed by atoms with Gasteiger partial charge in [0.05, 0.1) is 12.1 Å². The Morgan fingerprint density at radius 1 is 1.46 bits per heavy atom. The predicted octanol–water partition coefficient (Wildman–Crippen LogP) is 3.60. The summed E-state index contributed by atoms with van der Waals surface area (Å²) in [5.74, 6) is 1.16. The first-order valence-electron chi connectivity index (χ1n) is 3.84. The molecule has 0 radical (unpaired) electrons. The number of hydrogen-bond donors (Lipinski definition) is 0. The Bertz CT molecular complexity index is 308. The molecule has 1 aromatic rings. The van der Waals surface area contributed by atoms with Crippen LogP contribution in [0.15, 0.2) is 24.3 Å². The van der Waals surface area contributed by atoms with E-state index < -0.39 is 0 Å². The summed E-state index contributed by atoms with van der Waals surface area (Å²) in [4.78, 5) is 0. The van der Waals surface area contributed by atoms with E-state index in [0.29, 0.717) is 16.7 Å². The number of benzene rings is 1. The van der Waals surface area contributed by atoms with Crippen molar-refractivity contribution in [3.8, 4) is 5.75 Å². The first-order valence-corrected chi connectivity index (χ1v) is 4.76. The van der Waals surface area contributed by atoms with Crippen LogP contribution in [-0.2, 0) is 0 Å². The summed E-state index contributed by atoms with van der Waals surface area (Å²) in [6, 6.07) is 5.62. The van der Waals surface area contributed by atoms with Gasteiger partial charge in [0.15, 0.2) is 0 Å². The maximum Gasteiger partial charge on any atom is 0.138 e. The van der Waals surface area contributed by atoms with Crippen molar-refractivity contribution in [2.24, 2.45) is 0 Å². The number of alkyl halides is 1. The van der Waals surface area contributed by atoms with Crippen molar-refractivity contribution < 1.29 is 4.74 Å². The molecule has 70 valence electrons. The number of hydrogen-bond acceptors (Lipinski definition) is 1. The van der Waals surface area contributed by atoms with E-state index >= 15 is 0 Å². The quantitative estimate of drug-likeness (QED) is 0.703. The van der Waals surface area contributed by atoms with E-state index in [0.717, 1.165) is 5.56 Å². The minimum absolute atomic E-state index is 0.480. The van der Waals surface area contributed by atoms with Gasteiger partial charge in [0.1, 0.15) is 5.75 Å². The highest BCUT2D eigenvalue weighted by molar-refractivity contribution is 6.33. The first kappa shape index (κ1) is 10.4. The molecule has 0 saturated carbocycles. The number of allylic oxidation sites excluding steroid dienone is 1. The zero-order valence-corrected chi connectivity index (χ0v) is 8.77. The van der Waals surface area contributed by atoms with E-state index in [1.807, 2.05) is 30.4 Å². The second kappa shape index (κ2) is 5.15. The van der Waals surface area contributed by atoms with Gasteiger partial charge in [-0.1, -0.05) is 35.9 Å². The highest BCUT2D eigenvalue weighted by Crippen LogP contribution is 2.28. The Balaban J connectivity index is 3.01. The third-order valence-electron chi connectivity index (χ3n) is 1.60. The summed E-state index contributed by atoms with van der Waals surface area (Å²) in [5, 5.41) is 0.617. The van der Waals surface area contributed by atoms with E-state index in [4.69, 9.17) is 27.9 Å². The Morgan fingerprint density at radius 3 is 2.85 bits per heavy atom. The van der Waals surface area contributed by atoms with E-state index in [9.17, 15) is 0 Å². The lowest BCUT2D eigenvalue weighted by Gasteiger charge is -2.04. The van der Waals surface area contributed by atoms with Crippen molar-refractivity contribution in [1.82, 2.24) is 0 Å². The SMILES string of the molecule is COc1cccc(C=CCCl)c1Cl. The molecule has 0 unspecified atom stereocenters. The monoisotopic (exact) mass is 216 g/mol. The molecule has 0 spiro atoms. The van der Waals surface area contributed by atoms with E-state index in [1.54, 1.807) is 7.11 Å². The van der Waals surface area contributed by atoms with Crippen LogP contribution in [0.2, 0.25) is 5.02 Å². The number of ether oxygens (including phenoxy) is 1. The fraction of sp³-hybridized carbons (Fsp3) is 0.200. The molecular formula is C10H10Cl2O. The Morgan fingerprint density at radius 2 is 2.23 bits per heavy atom. The van der Waals surface area contributed by atoms with Crippen LogP contribution in [0.4, 0.5) is 0 Å². The standard InChI is InChI=1S/C10H10Cl2O/c1-13-9-6-2-4-8(10(9)12)5-3-7-11/h2-6H,7H2,1H3. The maximum absolute atomic E-state index is 6.03. The lowest BCUT2D eigenvalue weighted by atomic mass is 10.2. The van der Waals surface area contributed by atoms with Gasteiger partial charge in [-0.15, -0.1) is 11.6 Å². The molecule has 0 bridgehead atoms. The molecule has 0 fully saturated rings. The van der Waals surface area contributed by atoms with Gasteiger partial charge >= 0.3 is 0 Å². The minimum Gasteiger partial charge on any atom is -0.495 e. The maximum atomic E-state index is 6.03. The van der Waals surface area contributed by atoms with Crippen molar-refractivity contribution in [3.63, 3.8) is 0 Å².